The van der Waals surface area contributed by atoms with Crippen molar-refractivity contribution in [1.82, 2.24) is 5.32 Å². The largest absolute Gasteiger partial charge is 0.504 e. The van der Waals surface area contributed by atoms with Crippen LogP contribution in [0.1, 0.15) is 13.3 Å². The summed E-state index contributed by atoms with van der Waals surface area (Å²) in [5, 5.41) is 21.5. The van der Waals surface area contributed by atoms with E-state index in [4.69, 9.17) is 14.6 Å². The first-order valence-corrected chi connectivity index (χ1v) is 6.11. The molecule has 7 heteroatoms. The van der Waals surface area contributed by atoms with Gasteiger partial charge in [-0.1, -0.05) is 0 Å². The van der Waals surface area contributed by atoms with Gasteiger partial charge in [0.2, 0.25) is 0 Å². The predicted octanol–water partition coefficient (Wildman–Crippen LogP) is -0.851. The molecule has 4 atom stereocenters. The van der Waals surface area contributed by atoms with Gasteiger partial charge in [0.15, 0.2) is 6.10 Å². The Hall–Kier alpha value is -1.60. The number of carbonyl (C=O) groups is 1. The van der Waals surface area contributed by atoms with Crippen molar-refractivity contribution in [3.8, 4) is 0 Å². The van der Waals surface area contributed by atoms with Crippen molar-refractivity contribution in [2.24, 2.45) is 10.9 Å². The first kappa shape index (κ1) is 13.8. The topological polar surface area (TPSA) is 100 Å². The van der Waals surface area contributed by atoms with Gasteiger partial charge in [-0.15, -0.1) is 0 Å². The lowest BCUT2D eigenvalue weighted by Gasteiger charge is -2.17. The Kier molecular flexibility index (Phi) is 4.06. The van der Waals surface area contributed by atoms with Crippen LogP contribution in [0, 0.1) is 5.92 Å². The normalized spacial score (nSPS) is 33.5. The Morgan fingerprint density at radius 1 is 1.68 bits per heavy atom. The SMILES string of the molecule is CO/C=C(\C)C(=O)NC1=N[C@@H]2C[C@H](CO)[C@@H](O)[C@@H]2O1. The van der Waals surface area contributed by atoms with E-state index >= 15 is 0 Å². The monoisotopic (exact) mass is 270 g/mol. The zero-order chi connectivity index (χ0) is 14.0. The summed E-state index contributed by atoms with van der Waals surface area (Å²) in [5.74, 6) is -0.583. The number of hydrogen-bond acceptors (Lipinski definition) is 6. The fourth-order valence-electron chi connectivity index (χ4n) is 2.33. The molecular weight excluding hydrogens is 252 g/mol. The van der Waals surface area contributed by atoms with E-state index in [0.717, 1.165) is 0 Å². The number of amidine groups is 1. The number of aliphatic hydroxyl groups is 2. The average molecular weight is 270 g/mol. The summed E-state index contributed by atoms with van der Waals surface area (Å²) >= 11 is 0. The molecule has 19 heavy (non-hydrogen) atoms. The van der Waals surface area contributed by atoms with Crippen LogP contribution in [0.25, 0.3) is 0 Å². The molecule has 0 spiro atoms. The van der Waals surface area contributed by atoms with Crippen LogP contribution in [-0.2, 0) is 14.3 Å². The summed E-state index contributed by atoms with van der Waals surface area (Å²) in [4.78, 5) is 15.9. The Bertz CT molecular complexity index is 420. The molecule has 0 aromatic carbocycles. The van der Waals surface area contributed by atoms with E-state index in [1.165, 1.54) is 13.4 Å². The van der Waals surface area contributed by atoms with Crippen LogP contribution in [0.3, 0.4) is 0 Å². The number of aliphatic hydroxyl groups excluding tert-OH is 2. The summed E-state index contributed by atoms with van der Waals surface area (Å²) in [6.45, 7) is 1.51. The molecule has 0 bridgehead atoms. The molecule has 7 nitrogen and oxygen atoms in total. The molecule has 2 rings (SSSR count). The highest BCUT2D eigenvalue weighted by atomic mass is 16.5. The number of methoxy groups -OCH3 is 1. The standard InChI is InChI=1S/C12H18N2O5/c1-6(5-18-2)11(17)14-12-13-8-3-7(4-15)9(16)10(8)19-12/h5,7-10,15-16H,3-4H2,1-2H3,(H,13,14,17)/b6-5+/t7-,8-,9-,10-/m1/s1. The third kappa shape index (κ3) is 2.71. The summed E-state index contributed by atoms with van der Waals surface area (Å²) in [6, 6.07) is -0.103. The maximum atomic E-state index is 11.7. The van der Waals surface area contributed by atoms with Gasteiger partial charge in [0.05, 0.1) is 25.5 Å². The van der Waals surface area contributed by atoms with Gasteiger partial charge in [0.25, 0.3) is 11.9 Å². The number of nitrogens with zero attached hydrogens (tertiary/aromatic N) is 1. The van der Waals surface area contributed by atoms with Crippen LogP contribution in [-0.4, -0.2) is 54.1 Å². The van der Waals surface area contributed by atoms with Gasteiger partial charge in [-0.3, -0.25) is 10.1 Å². The number of carbonyl (C=O) groups excluding carboxylic acids is 1. The highest BCUT2D eigenvalue weighted by Crippen LogP contribution is 2.34. The predicted molar refractivity (Wildman–Crippen MR) is 66.2 cm³/mol. The van der Waals surface area contributed by atoms with E-state index in [0.29, 0.717) is 12.0 Å². The van der Waals surface area contributed by atoms with Crippen molar-refractivity contribution in [3.05, 3.63) is 11.8 Å². The zero-order valence-corrected chi connectivity index (χ0v) is 10.9. The Labute approximate surface area is 110 Å². The summed E-state index contributed by atoms with van der Waals surface area (Å²) in [5.41, 5.74) is 0.389. The number of nitrogens with one attached hydrogen (secondary N) is 1. The molecule has 1 amide bonds. The number of ether oxygens (including phenoxy) is 2. The van der Waals surface area contributed by atoms with Gasteiger partial charge >= 0.3 is 0 Å². The van der Waals surface area contributed by atoms with Gasteiger partial charge in [0, 0.05) is 18.1 Å². The van der Waals surface area contributed by atoms with E-state index in [1.807, 2.05) is 0 Å². The lowest BCUT2D eigenvalue weighted by atomic mass is 10.1. The van der Waals surface area contributed by atoms with Crippen LogP contribution < -0.4 is 5.32 Å². The summed E-state index contributed by atoms with van der Waals surface area (Å²) in [6.07, 6.45) is 0.625. The van der Waals surface area contributed by atoms with E-state index in [-0.39, 0.29) is 30.5 Å². The molecule has 2 aliphatic rings. The van der Waals surface area contributed by atoms with Gasteiger partial charge in [-0.2, -0.15) is 0 Å². The van der Waals surface area contributed by atoms with E-state index < -0.39 is 12.2 Å². The van der Waals surface area contributed by atoms with Crippen molar-refractivity contribution in [1.29, 1.82) is 0 Å². The van der Waals surface area contributed by atoms with E-state index in [9.17, 15) is 9.90 Å². The van der Waals surface area contributed by atoms with E-state index in [1.54, 1.807) is 6.92 Å². The minimum Gasteiger partial charge on any atom is -0.504 e. The van der Waals surface area contributed by atoms with Crippen molar-refractivity contribution in [2.75, 3.05) is 13.7 Å². The molecular formula is C12H18N2O5. The van der Waals surface area contributed by atoms with Gasteiger partial charge in [-0.05, 0) is 13.3 Å². The summed E-state index contributed by atoms with van der Waals surface area (Å²) < 4.78 is 10.2. The van der Waals surface area contributed by atoms with Gasteiger partial charge in [0.1, 0.15) is 0 Å². The van der Waals surface area contributed by atoms with Crippen LogP contribution in [0.4, 0.5) is 0 Å². The Morgan fingerprint density at radius 3 is 3.00 bits per heavy atom. The van der Waals surface area contributed by atoms with E-state index in [2.05, 4.69) is 10.3 Å². The Balaban J connectivity index is 1.96. The molecule has 0 radical (unpaired) electrons. The molecule has 0 aromatic heterocycles. The van der Waals surface area contributed by atoms with Crippen LogP contribution in [0.5, 0.6) is 0 Å². The minimum absolute atomic E-state index is 0.0928. The third-order valence-corrected chi connectivity index (χ3v) is 3.38. The number of hydrogen-bond donors (Lipinski definition) is 3. The van der Waals surface area contributed by atoms with Crippen molar-refractivity contribution >= 4 is 11.9 Å². The second-order valence-electron chi connectivity index (χ2n) is 4.74. The maximum Gasteiger partial charge on any atom is 0.292 e. The number of rotatable bonds is 3. The molecule has 0 saturated heterocycles. The number of fused-ring (bicyclic) bond motifs is 1. The fourth-order valence-corrected chi connectivity index (χ4v) is 2.33. The van der Waals surface area contributed by atoms with Crippen LogP contribution in [0.2, 0.25) is 0 Å². The van der Waals surface area contributed by atoms with Crippen molar-refractivity contribution in [3.63, 3.8) is 0 Å². The molecule has 0 unspecified atom stereocenters. The lowest BCUT2D eigenvalue weighted by molar-refractivity contribution is -0.116. The van der Waals surface area contributed by atoms with Crippen LogP contribution >= 0.6 is 0 Å². The molecule has 0 aromatic rings. The highest BCUT2D eigenvalue weighted by molar-refractivity contribution is 6.03. The second-order valence-corrected chi connectivity index (χ2v) is 4.74. The first-order valence-electron chi connectivity index (χ1n) is 6.11. The molecule has 1 aliphatic carbocycles. The smallest absolute Gasteiger partial charge is 0.292 e. The van der Waals surface area contributed by atoms with Crippen LogP contribution in [0.15, 0.2) is 16.8 Å². The highest BCUT2D eigenvalue weighted by Gasteiger charge is 2.47. The minimum atomic E-state index is -0.760. The molecule has 3 N–H and O–H groups in total. The molecule has 1 aliphatic heterocycles. The van der Waals surface area contributed by atoms with Gasteiger partial charge < -0.3 is 19.7 Å². The molecule has 1 fully saturated rings. The van der Waals surface area contributed by atoms with Crippen molar-refractivity contribution < 1.29 is 24.5 Å². The maximum absolute atomic E-state index is 11.7. The Morgan fingerprint density at radius 2 is 2.42 bits per heavy atom. The lowest BCUT2D eigenvalue weighted by Crippen LogP contribution is -2.36. The van der Waals surface area contributed by atoms with Crippen molar-refractivity contribution in [2.45, 2.75) is 31.6 Å². The number of aliphatic imine (C=N–C) groups is 1. The quantitative estimate of drug-likeness (QED) is 0.458. The van der Waals surface area contributed by atoms with Gasteiger partial charge in [-0.25, -0.2) is 4.99 Å². The summed E-state index contributed by atoms with van der Waals surface area (Å²) in [7, 11) is 1.45. The zero-order valence-electron chi connectivity index (χ0n) is 10.9. The molecule has 106 valence electrons. The molecule has 1 heterocycles. The third-order valence-electron chi connectivity index (χ3n) is 3.38. The average Bonchev–Trinajstić information content (AvgIpc) is 2.89. The second kappa shape index (κ2) is 5.58. The fraction of sp³-hybridized carbons (Fsp3) is 0.667. The molecule has 1 saturated carbocycles. The number of amides is 1. The first-order chi connectivity index (χ1) is 9.06.